The quantitative estimate of drug-likeness (QED) is 0.388. The van der Waals surface area contributed by atoms with Gasteiger partial charge in [0.05, 0.1) is 12.5 Å². The van der Waals surface area contributed by atoms with Crippen molar-refractivity contribution >= 4 is 11.9 Å². The van der Waals surface area contributed by atoms with Crippen LogP contribution in [0.1, 0.15) is 49.9 Å². The standard InChI is InChI=1S/C29H41N5O5/c1-4-5-15-33(16-7-14-32(2)3)27(35)19-34-18-22(21-8-10-24-25(17-21)39-20-38-24)28(29(36)37)23(34)9-11-26-30-12-6-13-31-26/h6,8,10,12-13,17,22-23,28H,4-5,7,9,11,14-16,18-20H2,1-3H3,(H,36,37)/t22-,23+,28-/m1/s1. The largest absolute Gasteiger partial charge is 0.481 e. The monoisotopic (exact) mass is 539 g/mol. The molecule has 0 saturated carbocycles. The van der Waals surface area contributed by atoms with Gasteiger partial charge in [-0.2, -0.15) is 0 Å². The van der Waals surface area contributed by atoms with Gasteiger partial charge in [-0.1, -0.05) is 19.4 Å². The first kappa shape index (κ1) is 28.8. The summed E-state index contributed by atoms with van der Waals surface area (Å²) in [5, 5.41) is 10.4. The summed E-state index contributed by atoms with van der Waals surface area (Å²) < 4.78 is 11.0. The summed E-state index contributed by atoms with van der Waals surface area (Å²) in [7, 11) is 4.07. The molecule has 10 nitrogen and oxygen atoms in total. The zero-order chi connectivity index (χ0) is 27.8. The number of amides is 1. The maximum Gasteiger partial charge on any atom is 0.308 e. The van der Waals surface area contributed by atoms with E-state index in [-0.39, 0.29) is 31.2 Å². The van der Waals surface area contributed by atoms with Crippen LogP contribution in [-0.4, -0.2) is 101 Å². The summed E-state index contributed by atoms with van der Waals surface area (Å²) in [4.78, 5) is 41.2. The minimum Gasteiger partial charge on any atom is -0.481 e. The molecule has 2 aromatic rings. The molecule has 0 spiro atoms. The number of hydrogen-bond donors (Lipinski definition) is 1. The highest BCUT2D eigenvalue weighted by molar-refractivity contribution is 5.79. The molecule has 1 saturated heterocycles. The number of carboxylic acid groups (broad SMARTS) is 1. The van der Waals surface area contributed by atoms with Crippen LogP contribution >= 0.6 is 0 Å². The van der Waals surface area contributed by atoms with E-state index in [4.69, 9.17) is 9.47 Å². The highest BCUT2D eigenvalue weighted by Gasteiger charge is 2.47. The Morgan fingerprint density at radius 3 is 2.54 bits per heavy atom. The molecule has 1 N–H and O–H groups in total. The van der Waals surface area contributed by atoms with Crippen LogP contribution in [-0.2, 0) is 16.0 Å². The molecule has 0 bridgehead atoms. The van der Waals surface area contributed by atoms with Gasteiger partial charge in [0.15, 0.2) is 11.5 Å². The number of aryl methyl sites for hydroxylation is 1. The Morgan fingerprint density at radius 1 is 1.08 bits per heavy atom. The third-order valence-corrected chi connectivity index (χ3v) is 7.65. The molecule has 2 aliphatic rings. The van der Waals surface area contributed by atoms with Crippen LogP contribution in [0.15, 0.2) is 36.7 Å². The molecule has 0 aliphatic carbocycles. The van der Waals surface area contributed by atoms with Gasteiger partial charge in [-0.3, -0.25) is 14.5 Å². The Kier molecular flexibility index (Phi) is 10.1. The number of nitrogens with zero attached hydrogens (tertiary/aromatic N) is 5. The smallest absolute Gasteiger partial charge is 0.308 e. The van der Waals surface area contributed by atoms with Crippen molar-refractivity contribution in [1.82, 2.24) is 24.7 Å². The van der Waals surface area contributed by atoms with Crippen molar-refractivity contribution in [1.29, 1.82) is 0 Å². The number of fused-ring (bicyclic) bond motifs is 1. The molecule has 1 aromatic heterocycles. The minimum atomic E-state index is -0.861. The van der Waals surface area contributed by atoms with Crippen molar-refractivity contribution in [3.8, 4) is 11.5 Å². The molecule has 39 heavy (non-hydrogen) atoms. The Bertz CT molecular complexity index is 1100. The van der Waals surface area contributed by atoms with Crippen molar-refractivity contribution in [2.45, 2.75) is 51.0 Å². The van der Waals surface area contributed by atoms with Gasteiger partial charge in [-0.25, -0.2) is 9.97 Å². The lowest BCUT2D eigenvalue weighted by molar-refractivity contribution is -0.143. The van der Waals surface area contributed by atoms with Gasteiger partial charge in [0.2, 0.25) is 12.7 Å². The van der Waals surface area contributed by atoms with Crippen LogP contribution in [0.3, 0.4) is 0 Å². The minimum absolute atomic E-state index is 0.0543. The van der Waals surface area contributed by atoms with E-state index in [2.05, 4.69) is 26.7 Å². The van der Waals surface area contributed by atoms with Crippen molar-refractivity contribution < 1.29 is 24.2 Å². The van der Waals surface area contributed by atoms with E-state index in [1.165, 1.54) is 0 Å². The van der Waals surface area contributed by atoms with Crippen molar-refractivity contribution in [2.24, 2.45) is 5.92 Å². The first-order valence-electron chi connectivity index (χ1n) is 13.9. The molecule has 1 aromatic carbocycles. The first-order chi connectivity index (χ1) is 18.9. The topological polar surface area (TPSA) is 108 Å². The SMILES string of the molecule is CCCCN(CCCN(C)C)C(=O)CN1C[C@H](c2ccc3c(c2)OCO3)[C@@H](C(=O)O)[C@@H]1CCc1ncccn1. The fourth-order valence-corrected chi connectivity index (χ4v) is 5.63. The number of rotatable bonds is 14. The summed E-state index contributed by atoms with van der Waals surface area (Å²) in [6.45, 7) is 5.27. The van der Waals surface area contributed by atoms with E-state index in [0.717, 1.165) is 31.4 Å². The van der Waals surface area contributed by atoms with Crippen LogP contribution in [0.4, 0.5) is 0 Å². The fourth-order valence-electron chi connectivity index (χ4n) is 5.63. The molecule has 3 heterocycles. The molecule has 3 atom stereocenters. The highest BCUT2D eigenvalue weighted by atomic mass is 16.7. The fraction of sp³-hybridized carbons (Fsp3) is 0.586. The summed E-state index contributed by atoms with van der Waals surface area (Å²) in [6.07, 6.45) is 7.33. The number of unbranched alkanes of at least 4 members (excludes halogenated alkanes) is 1. The molecule has 0 radical (unpaired) electrons. The van der Waals surface area contributed by atoms with Crippen LogP contribution in [0.25, 0.3) is 0 Å². The highest BCUT2D eigenvalue weighted by Crippen LogP contribution is 2.42. The number of ether oxygens (including phenoxy) is 2. The Balaban J connectivity index is 1.56. The first-order valence-corrected chi connectivity index (χ1v) is 13.9. The molecule has 212 valence electrons. The van der Waals surface area contributed by atoms with E-state index >= 15 is 0 Å². The number of aromatic nitrogens is 2. The molecular weight excluding hydrogens is 498 g/mol. The lowest BCUT2D eigenvalue weighted by Gasteiger charge is -2.30. The summed E-state index contributed by atoms with van der Waals surface area (Å²) in [5.74, 6) is 0.195. The van der Waals surface area contributed by atoms with E-state index in [0.29, 0.717) is 49.8 Å². The molecule has 1 amide bonds. The molecular formula is C29H41N5O5. The molecule has 10 heteroatoms. The Hall–Kier alpha value is -3.24. The van der Waals surface area contributed by atoms with Crippen LogP contribution < -0.4 is 9.47 Å². The molecule has 1 fully saturated rings. The van der Waals surface area contributed by atoms with Gasteiger partial charge in [0, 0.05) is 50.4 Å². The predicted octanol–water partition coefficient (Wildman–Crippen LogP) is 2.89. The van der Waals surface area contributed by atoms with Crippen LogP contribution in [0.5, 0.6) is 11.5 Å². The maximum atomic E-state index is 13.6. The summed E-state index contributed by atoms with van der Waals surface area (Å²) in [5.41, 5.74) is 0.886. The zero-order valence-electron chi connectivity index (χ0n) is 23.3. The second-order valence-corrected chi connectivity index (χ2v) is 10.7. The second-order valence-electron chi connectivity index (χ2n) is 10.7. The summed E-state index contributed by atoms with van der Waals surface area (Å²) >= 11 is 0. The lowest BCUT2D eigenvalue weighted by Crippen LogP contribution is -2.45. The predicted molar refractivity (Wildman–Crippen MR) is 147 cm³/mol. The van der Waals surface area contributed by atoms with Crippen molar-refractivity contribution in [2.75, 3.05) is 53.6 Å². The normalized spacial score (nSPS) is 20.5. The molecule has 4 rings (SSSR count). The average Bonchev–Trinajstić information content (AvgIpc) is 3.54. The number of aliphatic carboxylic acids is 1. The van der Waals surface area contributed by atoms with E-state index in [9.17, 15) is 14.7 Å². The van der Waals surface area contributed by atoms with E-state index in [1.54, 1.807) is 18.5 Å². The van der Waals surface area contributed by atoms with Gasteiger partial charge in [0.1, 0.15) is 5.82 Å². The van der Waals surface area contributed by atoms with E-state index < -0.39 is 11.9 Å². The number of hydrogen-bond acceptors (Lipinski definition) is 8. The third kappa shape index (κ3) is 7.45. The number of carboxylic acids is 1. The second kappa shape index (κ2) is 13.7. The van der Waals surface area contributed by atoms with Crippen molar-refractivity contribution in [3.05, 3.63) is 48.0 Å². The maximum absolute atomic E-state index is 13.6. The zero-order valence-corrected chi connectivity index (χ0v) is 23.3. The van der Waals surface area contributed by atoms with Gasteiger partial charge in [-0.15, -0.1) is 0 Å². The molecule has 0 unspecified atom stereocenters. The third-order valence-electron chi connectivity index (χ3n) is 7.65. The summed E-state index contributed by atoms with van der Waals surface area (Å²) in [6, 6.07) is 7.09. The number of benzene rings is 1. The lowest BCUT2D eigenvalue weighted by atomic mass is 9.83. The average molecular weight is 540 g/mol. The number of carbonyl (C=O) groups excluding carboxylic acids is 1. The Labute approximate surface area is 230 Å². The van der Waals surface area contributed by atoms with Gasteiger partial charge >= 0.3 is 5.97 Å². The van der Waals surface area contributed by atoms with Crippen LogP contribution in [0.2, 0.25) is 0 Å². The number of likely N-dealkylation sites (tertiary alicyclic amines) is 1. The van der Waals surface area contributed by atoms with E-state index in [1.807, 2.05) is 37.2 Å². The van der Waals surface area contributed by atoms with Crippen LogP contribution in [0, 0.1) is 5.92 Å². The molecule has 2 aliphatic heterocycles. The van der Waals surface area contributed by atoms with Gasteiger partial charge in [-0.05, 0) is 63.7 Å². The number of carbonyl (C=O) groups is 2. The van der Waals surface area contributed by atoms with Gasteiger partial charge in [0.25, 0.3) is 0 Å². The Morgan fingerprint density at radius 2 is 1.82 bits per heavy atom. The van der Waals surface area contributed by atoms with Crippen molar-refractivity contribution in [3.63, 3.8) is 0 Å². The van der Waals surface area contributed by atoms with Gasteiger partial charge < -0.3 is 24.4 Å².